The lowest BCUT2D eigenvalue weighted by atomic mass is 10.0. The molecule has 30 heavy (non-hydrogen) atoms. The van der Waals surface area contributed by atoms with Crippen LogP contribution in [0.15, 0.2) is 58.8 Å². The summed E-state index contributed by atoms with van der Waals surface area (Å²) in [5, 5.41) is 14.3. The van der Waals surface area contributed by atoms with Crippen molar-refractivity contribution in [3.05, 3.63) is 86.2 Å². The van der Waals surface area contributed by atoms with E-state index in [1.807, 2.05) is 22.5 Å². The van der Waals surface area contributed by atoms with Gasteiger partial charge in [0.15, 0.2) is 11.4 Å². The van der Waals surface area contributed by atoms with Gasteiger partial charge in [-0.25, -0.2) is 4.39 Å². The number of thiophene rings is 1. The smallest absolute Gasteiger partial charge is 0.278 e. The van der Waals surface area contributed by atoms with Gasteiger partial charge in [-0.3, -0.25) is 19.3 Å². The number of morpholine rings is 1. The average molecular weight is 427 g/mol. The first-order valence-corrected chi connectivity index (χ1v) is 10.3. The second kappa shape index (κ2) is 7.26. The highest BCUT2D eigenvalue weighted by atomic mass is 32.1. The van der Waals surface area contributed by atoms with E-state index in [0.29, 0.717) is 13.2 Å². The highest BCUT2D eigenvalue weighted by Gasteiger charge is 2.44. The Labute approximate surface area is 175 Å². The summed E-state index contributed by atoms with van der Waals surface area (Å²) in [6, 6.07) is 10.9. The highest BCUT2D eigenvalue weighted by molar-refractivity contribution is 7.10. The number of ether oxygens (including phenoxy) is 1. The van der Waals surface area contributed by atoms with Crippen molar-refractivity contribution >= 4 is 17.2 Å². The Morgan fingerprint density at radius 3 is 2.70 bits per heavy atom. The van der Waals surface area contributed by atoms with Gasteiger partial charge >= 0.3 is 0 Å². The monoisotopic (exact) mass is 427 g/mol. The molecule has 2 aliphatic rings. The second-order valence-corrected chi connectivity index (χ2v) is 8.10. The van der Waals surface area contributed by atoms with E-state index in [-0.39, 0.29) is 18.1 Å². The zero-order chi connectivity index (χ0) is 20.8. The number of hydrogen-bond donors (Lipinski definition) is 1. The van der Waals surface area contributed by atoms with Gasteiger partial charge in [0.2, 0.25) is 5.43 Å². The minimum atomic E-state index is -0.615. The molecule has 1 amide bonds. The van der Waals surface area contributed by atoms with Crippen LogP contribution in [-0.4, -0.2) is 46.5 Å². The number of fused-ring (bicyclic) bond motifs is 2. The number of carbonyl (C=O) groups is 1. The first-order valence-electron chi connectivity index (χ1n) is 9.47. The van der Waals surface area contributed by atoms with Gasteiger partial charge in [0.1, 0.15) is 18.0 Å². The van der Waals surface area contributed by atoms with E-state index in [2.05, 4.69) is 0 Å². The number of amides is 1. The number of nitrogens with zero attached hydrogens (tertiary/aromatic N) is 3. The van der Waals surface area contributed by atoms with Gasteiger partial charge in [-0.15, -0.1) is 11.3 Å². The molecule has 154 valence electrons. The SMILES string of the molecule is O=C1c2c(O)c(=O)ccn2N([C@@H](c2ccc(F)cc2)c2cccs2)[C@@H]2COCCN12. The van der Waals surface area contributed by atoms with Crippen molar-refractivity contribution in [2.45, 2.75) is 12.2 Å². The number of rotatable bonds is 3. The van der Waals surface area contributed by atoms with E-state index < -0.39 is 29.3 Å². The molecule has 4 heterocycles. The van der Waals surface area contributed by atoms with Crippen molar-refractivity contribution in [2.24, 2.45) is 0 Å². The predicted molar refractivity (Wildman–Crippen MR) is 109 cm³/mol. The molecule has 1 aromatic carbocycles. The number of hydrogen-bond acceptors (Lipinski definition) is 6. The average Bonchev–Trinajstić information content (AvgIpc) is 3.28. The third-order valence-electron chi connectivity index (χ3n) is 5.44. The van der Waals surface area contributed by atoms with Gasteiger partial charge in [-0.1, -0.05) is 18.2 Å². The molecule has 1 saturated heterocycles. The summed E-state index contributed by atoms with van der Waals surface area (Å²) >= 11 is 1.53. The maximum atomic E-state index is 13.6. The van der Waals surface area contributed by atoms with E-state index in [0.717, 1.165) is 10.4 Å². The highest BCUT2D eigenvalue weighted by Crippen LogP contribution is 2.37. The van der Waals surface area contributed by atoms with Crippen LogP contribution in [0, 0.1) is 5.82 Å². The fraction of sp³-hybridized carbons (Fsp3) is 0.238. The van der Waals surface area contributed by atoms with Crippen molar-refractivity contribution in [3.8, 4) is 5.75 Å². The van der Waals surface area contributed by atoms with Crippen LogP contribution >= 0.6 is 11.3 Å². The van der Waals surface area contributed by atoms with Crippen LogP contribution in [0.4, 0.5) is 4.39 Å². The van der Waals surface area contributed by atoms with Crippen LogP contribution in [0.3, 0.4) is 0 Å². The van der Waals surface area contributed by atoms with Crippen LogP contribution in [0.2, 0.25) is 0 Å². The lowest BCUT2D eigenvalue weighted by Gasteiger charge is -2.51. The number of halogens is 1. The summed E-state index contributed by atoms with van der Waals surface area (Å²) in [6.45, 7) is 0.971. The summed E-state index contributed by atoms with van der Waals surface area (Å²) in [5.41, 5.74) is 0.114. The molecule has 1 N–H and O–H groups in total. The first kappa shape index (κ1) is 18.8. The molecule has 0 unspecified atom stereocenters. The van der Waals surface area contributed by atoms with Crippen molar-refractivity contribution < 1.29 is 19.0 Å². The summed E-state index contributed by atoms with van der Waals surface area (Å²) < 4.78 is 20.8. The maximum Gasteiger partial charge on any atom is 0.278 e. The maximum absolute atomic E-state index is 13.6. The quantitative estimate of drug-likeness (QED) is 0.694. The van der Waals surface area contributed by atoms with Crippen molar-refractivity contribution in [2.75, 3.05) is 24.8 Å². The molecule has 0 spiro atoms. The molecule has 2 aliphatic heterocycles. The Balaban J connectivity index is 1.76. The lowest BCUT2D eigenvalue weighted by Crippen LogP contribution is -2.66. The first-order chi connectivity index (χ1) is 14.6. The Morgan fingerprint density at radius 1 is 1.17 bits per heavy atom. The molecule has 2 atom stereocenters. The number of carbonyl (C=O) groups excluding carboxylic acids is 1. The van der Waals surface area contributed by atoms with E-state index in [1.165, 1.54) is 40.4 Å². The fourth-order valence-corrected chi connectivity index (χ4v) is 4.92. The molecule has 2 aromatic heterocycles. The summed E-state index contributed by atoms with van der Waals surface area (Å²) in [5.74, 6) is -1.35. The van der Waals surface area contributed by atoms with Gasteiger partial charge in [0.25, 0.3) is 5.91 Å². The molecular formula is C21H18FN3O4S. The molecule has 0 aliphatic carbocycles. The Morgan fingerprint density at radius 2 is 1.97 bits per heavy atom. The normalized spacial score (nSPS) is 19.4. The molecule has 5 rings (SSSR count). The zero-order valence-corrected chi connectivity index (χ0v) is 16.6. The van der Waals surface area contributed by atoms with Crippen LogP contribution in [0.1, 0.15) is 27.0 Å². The molecule has 9 heteroatoms. The molecule has 3 aromatic rings. The minimum Gasteiger partial charge on any atom is -0.502 e. The van der Waals surface area contributed by atoms with Gasteiger partial charge in [0, 0.05) is 23.7 Å². The molecular weight excluding hydrogens is 409 g/mol. The summed E-state index contributed by atoms with van der Waals surface area (Å²) in [6.07, 6.45) is 1.03. The Hall–Kier alpha value is -3.17. The standard InChI is InChI=1S/C21H18FN3O4S/c22-14-5-3-13(4-6-14)18(16-2-1-11-30-16)25-17-12-29-10-9-23(17)21(28)19-20(27)15(26)7-8-24(19)25/h1-8,11,17-18,27H,9-10,12H2/t17-,18+/m1/s1. The van der Waals surface area contributed by atoms with Crippen LogP contribution < -0.4 is 10.4 Å². The summed E-state index contributed by atoms with van der Waals surface area (Å²) in [7, 11) is 0. The van der Waals surface area contributed by atoms with Crippen LogP contribution in [0.5, 0.6) is 5.75 Å². The largest absolute Gasteiger partial charge is 0.502 e. The van der Waals surface area contributed by atoms with Crippen LogP contribution in [-0.2, 0) is 4.74 Å². The molecule has 0 saturated carbocycles. The topological polar surface area (TPSA) is 75.0 Å². The number of aromatic nitrogens is 1. The van der Waals surface area contributed by atoms with Crippen molar-refractivity contribution in [1.29, 1.82) is 0 Å². The van der Waals surface area contributed by atoms with E-state index in [9.17, 15) is 19.1 Å². The van der Waals surface area contributed by atoms with E-state index in [4.69, 9.17) is 4.74 Å². The fourth-order valence-electron chi connectivity index (χ4n) is 4.07. The third-order valence-corrected chi connectivity index (χ3v) is 6.36. The van der Waals surface area contributed by atoms with Gasteiger partial charge < -0.3 is 14.7 Å². The van der Waals surface area contributed by atoms with Crippen molar-refractivity contribution in [1.82, 2.24) is 9.58 Å². The Kier molecular flexibility index (Phi) is 4.56. The Bertz CT molecular complexity index is 1150. The van der Waals surface area contributed by atoms with E-state index in [1.54, 1.807) is 17.0 Å². The molecule has 0 bridgehead atoms. The van der Waals surface area contributed by atoms with Gasteiger partial charge in [-0.2, -0.15) is 0 Å². The van der Waals surface area contributed by atoms with Crippen LogP contribution in [0.25, 0.3) is 0 Å². The molecule has 0 radical (unpaired) electrons. The van der Waals surface area contributed by atoms with E-state index >= 15 is 0 Å². The zero-order valence-electron chi connectivity index (χ0n) is 15.8. The number of benzene rings is 1. The number of aromatic hydroxyl groups is 1. The second-order valence-electron chi connectivity index (χ2n) is 7.13. The third kappa shape index (κ3) is 2.89. The minimum absolute atomic E-state index is 0.0793. The summed E-state index contributed by atoms with van der Waals surface area (Å²) in [4.78, 5) is 27.8. The van der Waals surface area contributed by atoms with Gasteiger partial charge in [0.05, 0.1) is 13.2 Å². The van der Waals surface area contributed by atoms with Crippen molar-refractivity contribution in [3.63, 3.8) is 0 Å². The predicted octanol–water partition coefficient (Wildman–Crippen LogP) is 2.29. The van der Waals surface area contributed by atoms with Gasteiger partial charge in [-0.05, 0) is 29.1 Å². The molecule has 1 fully saturated rings. The molecule has 7 nitrogen and oxygen atoms in total. The lowest BCUT2D eigenvalue weighted by molar-refractivity contribution is -0.0195. The number of pyridine rings is 1.